The average molecular weight is 482 g/mol. The van der Waals surface area contributed by atoms with Crippen LogP contribution in [0.3, 0.4) is 0 Å². The molecule has 31 heavy (non-hydrogen) atoms. The maximum Gasteiger partial charge on any atom is 0.450 e. The molecule has 12 heteroatoms. The molecule has 0 aliphatic carbocycles. The highest BCUT2D eigenvalue weighted by Gasteiger charge is 2.40. The molecule has 0 aromatic carbocycles. The van der Waals surface area contributed by atoms with E-state index in [-0.39, 0.29) is 0 Å². The highest BCUT2D eigenvalue weighted by molar-refractivity contribution is 4.50. The molecule has 0 saturated carbocycles. The summed E-state index contributed by atoms with van der Waals surface area (Å²) in [5, 5.41) is 0. The largest absolute Gasteiger partial charge is 0.450 e. The fraction of sp³-hybridized carbons (Fsp3) is 1.00. The Balaban J connectivity index is 0. The van der Waals surface area contributed by atoms with E-state index in [1.165, 1.54) is 80.2 Å². The van der Waals surface area contributed by atoms with Crippen molar-refractivity contribution in [3.8, 4) is 0 Å². The summed E-state index contributed by atoms with van der Waals surface area (Å²) in [5.41, 5.74) is 0. The molecule has 2 aliphatic heterocycles. The zero-order valence-corrected chi connectivity index (χ0v) is 18.6. The van der Waals surface area contributed by atoms with Crippen molar-refractivity contribution in [1.82, 2.24) is 0 Å². The molecule has 2 fully saturated rings. The van der Waals surface area contributed by atoms with Gasteiger partial charge in [0.25, 0.3) is 0 Å². The van der Waals surface area contributed by atoms with Crippen LogP contribution in [0.5, 0.6) is 0 Å². The standard InChI is InChI=1S/C8H18N.C7H16N.2C2HF5/c1-3-9(2)7-5-4-6-8-9;1-8(2)6-4-3-5-7-8;2*3-1(4)2(5,6)7/h3-8H2,1-2H3;3-7H2,1-2H3;2*1H/q2*+1;;. The lowest BCUT2D eigenvalue weighted by Crippen LogP contribution is -2.47. The molecule has 0 bridgehead atoms. The second-order valence-corrected chi connectivity index (χ2v) is 8.57. The summed E-state index contributed by atoms with van der Waals surface area (Å²) in [6.07, 6.45) is -10.4. The maximum atomic E-state index is 10.4. The summed E-state index contributed by atoms with van der Waals surface area (Å²) in [7, 11) is 7.01. The van der Waals surface area contributed by atoms with Crippen LogP contribution in [0.25, 0.3) is 0 Å². The smallest absolute Gasteiger partial charge is 0.328 e. The Morgan fingerprint density at radius 3 is 0.968 bits per heavy atom. The molecule has 0 spiro atoms. The van der Waals surface area contributed by atoms with Crippen LogP contribution in [0.15, 0.2) is 0 Å². The number of hydrogen-bond donors (Lipinski definition) is 0. The van der Waals surface area contributed by atoms with Gasteiger partial charge >= 0.3 is 25.2 Å². The van der Waals surface area contributed by atoms with E-state index in [4.69, 9.17) is 0 Å². The zero-order chi connectivity index (χ0) is 24.9. The lowest BCUT2D eigenvalue weighted by molar-refractivity contribution is -0.912. The number of hydrogen-bond acceptors (Lipinski definition) is 0. The van der Waals surface area contributed by atoms with Crippen LogP contribution in [0.1, 0.15) is 45.4 Å². The van der Waals surface area contributed by atoms with Crippen molar-refractivity contribution in [2.24, 2.45) is 0 Å². The molecular formula is C19H36F10N2+2. The first-order chi connectivity index (χ1) is 13.9. The number of alkyl halides is 10. The summed E-state index contributed by atoms with van der Waals surface area (Å²) in [4.78, 5) is 0. The molecule has 0 radical (unpaired) electrons. The van der Waals surface area contributed by atoms with Crippen molar-refractivity contribution in [3.05, 3.63) is 0 Å². The Kier molecular flexibility index (Phi) is 15.0. The summed E-state index contributed by atoms with van der Waals surface area (Å²) in [5.74, 6) is 0. The van der Waals surface area contributed by atoms with Gasteiger partial charge in [0.05, 0.1) is 53.9 Å². The Morgan fingerprint density at radius 1 is 0.581 bits per heavy atom. The van der Waals surface area contributed by atoms with E-state index >= 15 is 0 Å². The monoisotopic (exact) mass is 482 g/mol. The third-order valence-corrected chi connectivity index (χ3v) is 5.18. The average Bonchev–Trinajstić information content (AvgIpc) is 2.62. The number of rotatable bonds is 1. The van der Waals surface area contributed by atoms with Gasteiger partial charge in [-0.25, -0.2) is 17.6 Å². The third kappa shape index (κ3) is 18.5. The number of quaternary nitrogens is 2. The summed E-state index contributed by atoms with van der Waals surface area (Å²) < 4.78 is 107. The molecule has 0 atom stereocenters. The van der Waals surface area contributed by atoms with Gasteiger partial charge in [-0.15, -0.1) is 0 Å². The first kappa shape index (κ1) is 32.4. The minimum atomic E-state index is -5.33. The highest BCUT2D eigenvalue weighted by Crippen LogP contribution is 2.23. The van der Waals surface area contributed by atoms with Gasteiger partial charge in [0, 0.05) is 0 Å². The third-order valence-electron chi connectivity index (χ3n) is 5.18. The second-order valence-electron chi connectivity index (χ2n) is 8.57. The van der Waals surface area contributed by atoms with Crippen LogP contribution in [0.2, 0.25) is 0 Å². The molecule has 0 N–H and O–H groups in total. The molecule has 2 nitrogen and oxygen atoms in total. The number of likely N-dealkylation sites (tertiary alicyclic amines) is 2. The van der Waals surface area contributed by atoms with Crippen molar-refractivity contribution in [3.63, 3.8) is 0 Å². The molecule has 0 unspecified atom stereocenters. The van der Waals surface area contributed by atoms with E-state index < -0.39 is 25.2 Å². The number of piperidine rings is 2. The first-order valence-electron chi connectivity index (χ1n) is 10.2. The molecular weight excluding hydrogens is 446 g/mol. The molecule has 2 rings (SSSR count). The summed E-state index contributed by atoms with van der Waals surface area (Å²) in [6.45, 7) is 9.22. The molecule has 2 aliphatic rings. The Labute approximate surface area is 178 Å². The van der Waals surface area contributed by atoms with E-state index in [9.17, 15) is 43.9 Å². The number of nitrogens with zero attached hydrogens (tertiary/aromatic N) is 2. The topological polar surface area (TPSA) is 0 Å². The van der Waals surface area contributed by atoms with Crippen molar-refractivity contribution >= 4 is 0 Å². The Bertz CT molecular complexity index is 416. The Morgan fingerprint density at radius 2 is 0.839 bits per heavy atom. The lowest BCUT2D eigenvalue weighted by Gasteiger charge is -2.36. The van der Waals surface area contributed by atoms with Gasteiger partial charge in [0.1, 0.15) is 0 Å². The van der Waals surface area contributed by atoms with Crippen LogP contribution < -0.4 is 0 Å². The minimum absolute atomic E-state index is 1.25. The summed E-state index contributed by atoms with van der Waals surface area (Å²) >= 11 is 0. The fourth-order valence-electron chi connectivity index (χ4n) is 2.96. The molecule has 190 valence electrons. The van der Waals surface area contributed by atoms with Crippen LogP contribution >= 0.6 is 0 Å². The predicted molar refractivity (Wildman–Crippen MR) is 100 cm³/mol. The van der Waals surface area contributed by atoms with E-state index in [0.717, 1.165) is 0 Å². The first-order valence-corrected chi connectivity index (χ1v) is 10.2. The maximum absolute atomic E-state index is 10.4. The summed E-state index contributed by atoms with van der Waals surface area (Å²) in [6, 6.07) is 0. The molecule has 0 aromatic heterocycles. The van der Waals surface area contributed by atoms with Crippen molar-refractivity contribution < 1.29 is 52.9 Å². The Hall–Kier alpha value is -0.780. The van der Waals surface area contributed by atoms with Crippen LogP contribution in [-0.4, -0.2) is 88.0 Å². The second kappa shape index (κ2) is 14.4. The van der Waals surface area contributed by atoms with E-state index in [1.807, 2.05) is 0 Å². The van der Waals surface area contributed by atoms with Crippen LogP contribution in [0.4, 0.5) is 43.9 Å². The van der Waals surface area contributed by atoms with E-state index in [2.05, 4.69) is 28.1 Å². The highest BCUT2D eigenvalue weighted by atomic mass is 19.4. The van der Waals surface area contributed by atoms with Gasteiger partial charge in [-0.3, -0.25) is 0 Å². The number of halogens is 10. The molecule has 0 aromatic rings. The SMILES string of the molecule is CC[N+]1(C)CCCCC1.C[N+]1(C)CCCCC1.FC(F)C(F)(F)F.FC(F)C(F)(F)F. The fourth-order valence-corrected chi connectivity index (χ4v) is 2.96. The lowest BCUT2D eigenvalue weighted by atomic mass is 10.1. The van der Waals surface area contributed by atoms with Crippen molar-refractivity contribution in [1.29, 1.82) is 0 Å². The van der Waals surface area contributed by atoms with Crippen molar-refractivity contribution in [2.75, 3.05) is 53.9 Å². The van der Waals surface area contributed by atoms with Gasteiger partial charge in [-0.1, -0.05) is 0 Å². The van der Waals surface area contributed by atoms with Gasteiger partial charge in [0.2, 0.25) is 0 Å². The van der Waals surface area contributed by atoms with Gasteiger partial charge < -0.3 is 8.97 Å². The van der Waals surface area contributed by atoms with Gasteiger partial charge in [-0.2, -0.15) is 26.3 Å². The van der Waals surface area contributed by atoms with Crippen LogP contribution in [0, 0.1) is 0 Å². The molecule has 2 saturated heterocycles. The van der Waals surface area contributed by atoms with E-state index in [1.54, 1.807) is 0 Å². The normalized spacial score (nSPS) is 20.5. The predicted octanol–water partition coefficient (Wildman–Crippen LogP) is 6.51. The quantitative estimate of drug-likeness (QED) is 0.295. The van der Waals surface area contributed by atoms with Crippen LogP contribution in [-0.2, 0) is 0 Å². The van der Waals surface area contributed by atoms with Crippen molar-refractivity contribution in [2.45, 2.75) is 70.7 Å². The molecule has 0 amide bonds. The molecule has 2 heterocycles. The van der Waals surface area contributed by atoms with E-state index in [0.29, 0.717) is 0 Å². The zero-order valence-electron chi connectivity index (χ0n) is 18.6. The van der Waals surface area contributed by atoms with Gasteiger partial charge in [0.15, 0.2) is 0 Å². The minimum Gasteiger partial charge on any atom is -0.328 e. The van der Waals surface area contributed by atoms with Gasteiger partial charge in [-0.05, 0) is 45.4 Å².